The van der Waals surface area contributed by atoms with E-state index >= 15 is 0 Å². The number of rotatable bonds is 5. The number of carbonyl (C=O) groups excluding carboxylic acids is 1. The Morgan fingerprint density at radius 3 is 2.60 bits per heavy atom. The first-order chi connectivity index (χ1) is 12.1. The van der Waals surface area contributed by atoms with Gasteiger partial charge in [-0.25, -0.2) is 4.98 Å². The third kappa shape index (κ3) is 3.25. The second-order valence-corrected chi connectivity index (χ2v) is 5.32. The van der Waals surface area contributed by atoms with Gasteiger partial charge in [0.1, 0.15) is 5.69 Å². The monoisotopic (exact) mass is 336 g/mol. The first-order valence-corrected chi connectivity index (χ1v) is 7.75. The van der Waals surface area contributed by atoms with Crippen molar-refractivity contribution in [1.29, 1.82) is 0 Å². The van der Waals surface area contributed by atoms with E-state index in [4.69, 9.17) is 0 Å². The Hall–Kier alpha value is -3.48. The van der Waals surface area contributed by atoms with Crippen LogP contribution in [0, 0.1) is 10.1 Å². The predicted molar refractivity (Wildman–Crippen MR) is 94.0 cm³/mol. The Morgan fingerprint density at radius 2 is 2.00 bits per heavy atom. The van der Waals surface area contributed by atoms with Crippen LogP contribution in [0.4, 0.5) is 11.4 Å². The SMILES string of the molecule is CCN(C(=O)c1ccc(-n2ccnc2)c([N+](=O)[O-])c1)c1ccccc1. The summed E-state index contributed by atoms with van der Waals surface area (Å²) in [6.07, 6.45) is 4.63. The van der Waals surface area contributed by atoms with Crippen LogP contribution in [0.3, 0.4) is 0 Å². The van der Waals surface area contributed by atoms with E-state index in [1.165, 1.54) is 18.6 Å². The van der Waals surface area contributed by atoms with Crippen molar-refractivity contribution < 1.29 is 9.72 Å². The number of amides is 1. The maximum atomic E-state index is 12.8. The molecule has 0 spiro atoms. The third-order valence-corrected chi connectivity index (χ3v) is 3.83. The second kappa shape index (κ2) is 6.96. The summed E-state index contributed by atoms with van der Waals surface area (Å²) in [6.45, 7) is 2.32. The number of nitro groups is 1. The van der Waals surface area contributed by atoms with Gasteiger partial charge in [0, 0.05) is 36.3 Å². The summed E-state index contributed by atoms with van der Waals surface area (Å²) in [7, 11) is 0. The fraction of sp³-hybridized carbons (Fsp3) is 0.111. The van der Waals surface area contributed by atoms with Crippen LogP contribution in [0.15, 0.2) is 67.3 Å². The van der Waals surface area contributed by atoms with E-state index in [-0.39, 0.29) is 17.2 Å². The molecule has 3 aromatic rings. The summed E-state index contributed by atoms with van der Waals surface area (Å²) in [4.78, 5) is 29.3. The molecule has 0 aliphatic rings. The van der Waals surface area contributed by atoms with Gasteiger partial charge in [-0.05, 0) is 31.2 Å². The van der Waals surface area contributed by atoms with E-state index in [1.807, 2.05) is 37.3 Å². The molecule has 2 aromatic carbocycles. The normalized spacial score (nSPS) is 10.4. The number of imidazole rings is 1. The molecule has 1 amide bonds. The maximum absolute atomic E-state index is 12.8. The van der Waals surface area contributed by atoms with Gasteiger partial charge < -0.3 is 9.47 Å². The van der Waals surface area contributed by atoms with Crippen molar-refractivity contribution in [1.82, 2.24) is 9.55 Å². The third-order valence-electron chi connectivity index (χ3n) is 3.83. The lowest BCUT2D eigenvalue weighted by molar-refractivity contribution is -0.384. The van der Waals surface area contributed by atoms with Gasteiger partial charge in [-0.15, -0.1) is 0 Å². The molecule has 0 aliphatic carbocycles. The Bertz CT molecular complexity index is 892. The average Bonchev–Trinajstić information content (AvgIpc) is 3.17. The molecule has 0 saturated carbocycles. The molecule has 0 N–H and O–H groups in total. The molecule has 0 atom stereocenters. The lowest BCUT2D eigenvalue weighted by Crippen LogP contribution is -2.30. The highest BCUT2D eigenvalue weighted by atomic mass is 16.6. The van der Waals surface area contributed by atoms with Crippen LogP contribution in [0.5, 0.6) is 0 Å². The Balaban J connectivity index is 2.01. The summed E-state index contributed by atoms with van der Waals surface area (Å²) < 4.78 is 1.54. The van der Waals surface area contributed by atoms with Crippen molar-refractivity contribution in [2.75, 3.05) is 11.4 Å². The number of aromatic nitrogens is 2. The molecule has 7 nitrogen and oxygen atoms in total. The molecule has 7 heteroatoms. The summed E-state index contributed by atoms with van der Waals surface area (Å²) in [5.41, 5.74) is 1.23. The maximum Gasteiger partial charge on any atom is 0.294 e. The van der Waals surface area contributed by atoms with Gasteiger partial charge in [-0.3, -0.25) is 14.9 Å². The van der Waals surface area contributed by atoms with Crippen LogP contribution in [0.1, 0.15) is 17.3 Å². The minimum Gasteiger partial charge on any atom is -0.309 e. The summed E-state index contributed by atoms with van der Waals surface area (Å²) in [6, 6.07) is 13.7. The fourth-order valence-electron chi connectivity index (χ4n) is 2.63. The molecular weight excluding hydrogens is 320 g/mol. The van der Waals surface area contributed by atoms with Gasteiger partial charge in [0.15, 0.2) is 0 Å². The summed E-state index contributed by atoms with van der Waals surface area (Å²) in [5.74, 6) is -0.283. The number of nitrogens with zero attached hydrogens (tertiary/aromatic N) is 4. The molecular formula is C18H16N4O3. The standard InChI is InChI=1S/C18H16N4O3/c1-2-21(15-6-4-3-5-7-15)18(23)14-8-9-16(17(12-14)22(24)25)20-11-10-19-13-20/h3-13H,2H2,1H3. The average molecular weight is 336 g/mol. The molecule has 3 rings (SSSR count). The van der Waals surface area contributed by atoms with Crippen LogP contribution in [-0.2, 0) is 0 Å². The zero-order valence-corrected chi connectivity index (χ0v) is 13.6. The number of nitro benzene ring substituents is 1. The molecule has 1 heterocycles. The van der Waals surface area contributed by atoms with Crippen molar-refractivity contribution in [3.05, 3.63) is 82.9 Å². The van der Waals surface area contributed by atoms with E-state index in [1.54, 1.807) is 27.8 Å². The minimum atomic E-state index is -0.495. The number of anilines is 1. The van der Waals surface area contributed by atoms with Crippen molar-refractivity contribution >= 4 is 17.3 Å². The lowest BCUT2D eigenvalue weighted by atomic mass is 10.1. The number of carbonyl (C=O) groups is 1. The van der Waals surface area contributed by atoms with Gasteiger partial charge in [0.05, 0.1) is 11.3 Å². The minimum absolute atomic E-state index is 0.145. The van der Waals surface area contributed by atoms with Gasteiger partial charge in [-0.1, -0.05) is 18.2 Å². The van der Waals surface area contributed by atoms with Crippen LogP contribution in [0.25, 0.3) is 5.69 Å². The highest BCUT2D eigenvalue weighted by molar-refractivity contribution is 6.06. The highest BCUT2D eigenvalue weighted by Gasteiger charge is 2.22. The summed E-state index contributed by atoms with van der Waals surface area (Å²) >= 11 is 0. The Labute approximate surface area is 144 Å². The van der Waals surface area contributed by atoms with E-state index in [0.717, 1.165) is 5.69 Å². The summed E-state index contributed by atoms with van der Waals surface area (Å²) in [5, 5.41) is 11.4. The number of para-hydroxylation sites is 1. The molecule has 0 saturated heterocycles. The Morgan fingerprint density at radius 1 is 1.24 bits per heavy atom. The topological polar surface area (TPSA) is 81.3 Å². The zero-order valence-electron chi connectivity index (χ0n) is 13.6. The number of hydrogen-bond acceptors (Lipinski definition) is 4. The van der Waals surface area contributed by atoms with Crippen molar-refractivity contribution in [3.8, 4) is 5.69 Å². The van der Waals surface area contributed by atoms with Gasteiger partial charge >= 0.3 is 0 Å². The molecule has 0 radical (unpaired) electrons. The van der Waals surface area contributed by atoms with Crippen LogP contribution in [0.2, 0.25) is 0 Å². The number of benzene rings is 2. The zero-order chi connectivity index (χ0) is 17.8. The van der Waals surface area contributed by atoms with Gasteiger partial charge in [0.25, 0.3) is 11.6 Å². The predicted octanol–water partition coefficient (Wildman–Crippen LogP) is 3.45. The lowest BCUT2D eigenvalue weighted by Gasteiger charge is -2.21. The molecule has 126 valence electrons. The fourth-order valence-corrected chi connectivity index (χ4v) is 2.63. The van der Waals surface area contributed by atoms with Crippen LogP contribution >= 0.6 is 0 Å². The quantitative estimate of drug-likeness (QED) is 0.528. The molecule has 1 aromatic heterocycles. The van der Waals surface area contributed by atoms with Crippen LogP contribution < -0.4 is 4.90 Å². The molecule has 0 aliphatic heterocycles. The van der Waals surface area contributed by atoms with E-state index in [0.29, 0.717) is 12.2 Å². The second-order valence-electron chi connectivity index (χ2n) is 5.32. The Kier molecular flexibility index (Phi) is 4.56. The first-order valence-electron chi connectivity index (χ1n) is 7.75. The first kappa shape index (κ1) is 16.4. The van der Waals surface area contributed by atoms with Crippen LogP contribution in [-0.4, -0.2) is 26.9 Å². The van der Waals surface area contributed by atoms with Gasteiger partial charge in [0.2, 0.25) is 0 Å². The molecule has 0 unspecified atom stereocenters. The van der Waals surface area contributed by atoms with E-state index in [9.17, 15) is 14.9 Å². The number of hydrogen-bond donors (Lipinski definition) is 0. The molecule has 25 heavy (non-hydrogen) atoms. The largest absolute Gasteiger partial charge is 0.309 e. The molecule has 0 bridgehead atoms. The highest BCUT2D eigenvalue weighted by Crippen LogP contribution is 2.26. The van der Waals surface area contributed by atoms with Crippen molar-refractivity contribution in [2.24, 2.45) is 0 Å². The van der Waals surface area contributed by atoms with E-state index < -0.39 is 4.92 Å². The van der Waals surface area contributed by atoms with Gasteiger partial charge in [-0.2, -0.15) is 0 Å². The smallest absolute Gasteiger partial charge is 0.294 e. The van der Waals surface area contributed by atoms with Crippen molar-refractivity contribution in [2.45, 2.75) is 6.92 Å². The molecule has 0 fully saturated rings. The van der Waals surface area contributed by atoms with E-state index in [2.05, 4.69) is 4.98 Å². The van der Waals surface area contributed by atoms with Crippen molar-refractivity contribution in [3.63, 3.8) is 0 Å².